The van der Waals surface area contributed by atoms with Gasteiger partial charge in [0.1, 0.15) is 0 Å². The fraction of sp³-hybridized carbons (Fsp3) is 0.318. The second-order valence-corrected chi connectivity index (χ2v) is 6.45. The van der Waals surface area contributed by atoms with Crippen molar-refractivity contribution in [2.45, 2.75) is 26.7 Å². The lowest BCUT2D eigenvalue weighted by molar-refractivity contribution is -0.114. The molecule has 0 heterocycles. The average molecular weight is 397 g/mol. The Labute approximate surface area is 170 Å². The van der Waals surface area contributed by atoms with Gasteiger partial charge in [0, 0.05) is 23.5 Å². The van der Waals surface area contributed by atoms with Crippen molar-refractivity contribution >= 4 is 29.2 Å². The Kier molecular flexibility index (Phi) is 8.69. The molecule has 2 amide bonds. The monoisotopic (exact) mass is 397 g/mol. The van der Waals surface area contributed by atoms with Crippen molar-refractivity contribution in [3.05, 3.63) is 59.7 Å². The van der Waals surface area contributed by atoms with E-state index in [1.807, 2.05) is 13.8 Å². The van der Waals surface area contributed by atoms with E-state index in [2.05, 4.69) is 16.0 Å². The van der Waals surface area contributed by atoms with Gasteiger partial charge < -0.3 is 20.7 Å². The molecule has 0 atom stereocenters. The van der Waals surface area contributed by atoms with Gasteiger partial charge in [-0.3, -0.25) is 9.59 Å². The number of rotatable bonds is 10. The molecule has 0 unspecified atom stereocenters. The molecule has 0 aliphatic heterocycles. The maximum Gasteiger partial charge on any atom is 0.338 e. The fourth-order valence-electron chi connectivity index (χ4n) is 2.44. The Morgan fingerprint density at radius 3 is 2.07 bits per heavy atom. The fourth-order valence-corrected chi connectivity index (χ4v) is 2.44. The van der Waals surface area contributed by atoms with Crippen LogP contribution in [0, 0.1) is 0 Å². The van der Waals surface area contributed by atoms with Crippen LogP contribution < -0.4 is 16.0 Å². The van der Waals surface area contributed by atoms with Gasteiger partial charge in [-0.05, 0) is 61.4 Å². The van der Waals surface area contributed by atoms with Crippen molar-refractivity contribution < 1.29 is 19.1 Å². The first-order valence-corrected chi connectivity index (χ1v) is 9.72. The van der Waals surface area contributed by atoms with E-state index < -0.39 is 0 Å². The number of nitrogens with one attached hydrogen (secondary N) is 3. The number of esters is 1. The SMILES string of the molecule is CCCNC(=O)c1ccc(NC(=O)CNc2ccc(C(=O)OCCC)cc2)cc1. The summed E-state index contributed by atoms with van der Waals surface area (Å²) in [7, 11) is 0. The number of amides is 2. The van der Waals surface area contributed by atoms with E-state index in [4.69, 9.17) is 4.74 Å². The van der Waals surface area contributed by atoms with Gasteiger partial charge in [0.05, 0.1) is 18.7 Å². The second kappa shape index (κ2) is 11.5. The first-order chi connectivity index (χ1) is 14.0. The van der Waals surface area contributed by atoms with Crippen LogP contribution in [0.25, 0.3) is 0 Å². The molecule has 2 aromatic rings. The molecule has 0 aliphatic carbocycles. The zero-order chi connectivity index (χ0) is 21.1. The molecule has 3 N–H and O–H groups in total. The largest absolute Gasteiger partial charge is 0.462 e. The van der Waals surface area contributed by atoms with Crippen molar-refractivity contribution in [2.24, 2.45) is 0 Å². The molecule has 2 rings (SSSR count). The van der Waals surface area contributed by atoms with E-state index in [9.17, 15) is 14.4 Å². The van der Waals surface area contributed by atoms with Gasteiger partial charge in [-0.25, -0.2) is 4.79 Å². The quantitative estimate of drug-likeness (QED) is 0.534. The highest BCUT2D eigenvalue weighted by Gasteiger charge is 2.08. The van der Waals surface area contributed by atoms with Crippen LogP contribution in [-0.4, -0.2) is 37.5 Å². The van der Waals surface area contributed by atoms with Crippen molar-refractivity contribution in [2.75, 3.05) is 30.3 Å². The molecule has 0 aliphatic rings. The molecule has 0 spiro atoms. The van der Waals surface area contributed by atoms with Gasteiger partial charge in [-0.1, -0.05) is 13.8 Å². The summed E-state index contributed by atoms with van der Waals surface area (Å²) in [5.41, 5.74) is 2.34. The first kappa shape index (κ1) is 21.9. The van der Waals surface area contributed by atoms with Crippen molar-refractivity contribution in [1.29, 1.82) is 0 Å². The molecular formula is C22H27N3O4. The molecule has 154 valence electrons. The lowest BCUT2D eigenvalue weighted by Gasteiger charge is -2.09. The summed E-state index contributed by atoms with van der Waals surface area (Å²) in [4.78, 5) is 35.8. The summed E-state index contributed by atoms with van der Waals surface area (Å²) >= 11 is 0. The van der Waals surface area contributed by atoms with E-state index in [-0.39, 0.29) is 24.3 Å². The van der Waals surface area contributed by atoms with E-state index in [0.29, 0.717) is 30.0 Å². The Balaban J connectivity index is 1.80. The predicted molar refractivity (Wildman–Crippen MR) is 113 cm³/mol. The maximum absolute atomic E-state index is 12.1. The van der Waals surface area contributed by atoms with Crippen LogP contribution >= 0.6 is 0 Å². The third-order valence-electron chi connectivity index (χ3n) is 3.98. The smallest absolute Gasteiger partial charge is 0.338 e. The zero-order valence-corrected chi connectivity index (χ0v) is 16.8. The van der Waals surface area contributed by atoms with E-state index in [1.165, 1.54) is 0 Å². The van der Waals surface area contributed by atoms with E-state index >= 15 is 0 Å². The van der Waals surface area contributed by atoms with Gasteiger partial charge >= 0.3 is 5.97 Å². The number of carbonyl (C=O) groups excluding carboxylic acids is 3. The molecule has 0 fully saturated rings. The Bertz CT molecular complexity index is 817. The molecule has 2 aromatic carbocycles. The zero-order valence-electron chi connectivity index (χ0n) is 16.8. The van der Waals surface area contributed by atoms with Gasteiger partial charge in [-0.15, -0.1) is 0 Å². The summed E-state index contributed by atoms with van der Waals surface area (Å²) in [6.07, 6.45) is 1.65. The number of hydrogen-bond donors (Lipinski definition) is 3. The molecule has 7 heteroatoms. The van der Waals surface area contributed by atoms with Crippen LogP contribution in [0.4, 0.5) is 11.4 Å². The molecule has 29 heavy (non-hydrogen) atoms. The summed E-state index contributed by atoms with van der Waals surface area (Å²) < 4.78 is 5.08. The third-order valence-corrected chi connectivity index (χ3v) is 3.98. The lowest BCUT2D eigenvalue weighted by atomic mass is 10.2. The Hall–Kier alpha value is -3.35. The molecule has 7 nitrogen and oxygen atoms in total. The van der Waals surface area contributed by atoms with Gasteiger partial charge in [0.2, 0.25) is 5.91 Å². The minimum atomic E-state index is -0.358. The number of ether oxygens (including phenoxy) is 1. The molecular weight excluding hydrogens is 370 g/mol. The number of hydrogen-bond acceptors (Lipinski definition) is 5. The summed E-state index contributed by atoms with van der Waals surface area (Å²) in [5.74, 6) is -0.712. The minimum Gasteiger partial charge on any atom is -0.462 e. The normalized spacial score (nSPS) is 10.1. The standard InChI is InChI=1S/C22H27N3O4/c1-3-13-23-21(27)16-5-11-19(12-6-16)25-20(26)15-24-18-9-7-17(8-10-18)22(28)29-14-4-2/h5-12,24H,3-4,13-15H2,1-2H3,(H,23,27)(H,25,26). The average Bonchev–Trinajstić information content (AvgIpc) is 2.75. The molecule has 0 saturated heterocycles. The van der Waals surface area contributed by atoms with Crippen molar-refractivity contribution in [3.63, 3.8) is 0 Å². The predicted octanol–water partition coefficient (Wildman–Crippen LogP) is 3.44. The van der Waals surface area contributed by atoms with E-state index in [1.54, 1.807) is 48.5 Å². The minimum absolute atomic E-state index is 0.0678. The van der Waals surface area contributed by atoms with Crippen molar-refractivity contribution in [3.8, 4) is 0 Å². The Morgan fingerprint density at radius 1 is 0.828 bits per heavy atom. The van der Waals surface area contributed by atoms with Crippen LogP contribution in [0.1, 0.15) is 47.4 Å². The van der Waals surface area contributed by atoms with Crippen LogP contribution in [0.2, 0.25) is 0 Å². The van der Waals surface area contributed by atoms with Crippen LogP contribution in [-0.2, 0) is 9.53 Å². The number of benzene rings is 2. The summed E-state index contributed by atoms with van der Waals surface area (Å²) in [5, 5.41) is 8.57. The number of anilines is 2. The Morgan fingerprint density at radius 2 is 1.45 bits per heavy atom. The van der Waals surface area contributed by atoms with Crippen molar-refractivity contribution in [1.82, 2.24) is 5.32 Å². The summed E-state index contributed by atoms with van der Waals surface area (Å²) in [6.45, 7) is 5.01. The van der Waals surface area contributed by atoms with Crippen LogP contribution in [0.5, 0.6) is 0 Å². The van der Waals surface area contributed by atoms with Gasteiger partial charge in [-0.2, -0.15) is 0 Å². The third kappa shape index (κ3) is 7.29. The molecule has 0 aromatic heterocycles. The van der Waals surface area contributed by atoms with Crippen LogP contribution in [0.15, 0.2) is 48.5 Å². The van der Waals surface area contributed by atoms with Crippen LogP contribution in [0.3, 0.4) is 0 Å². The molecule has 0 saturated carbocycles. The number of carbonyl (C=O) groups is 3. The first-order valence-electron chi connectivity index (χ1n) is 9.72. The second-order valence-electron chi connectivity index (χ2n) is 6.45. The lowest BCUT2D eigenvalue weighted by Crippen LogP contribution is -2.24. The summed E-state index contributed by atoms with van der Waals surface area (Å²) in [6, 6.07) is 13.5. The van der Waals surface area contributed by atoms with Gasteiger partial charge in [0.25, 0.3) is 5.91 Å². The molecule has 0 radical (unpaired) electrons. The molecule has 0 bridgehead atoms. The van der Waals surface area contributed by atoms with E-state index in [0.717, 1.165) is 18.5 Å². The van der Waals surface area contributed by atoms with Gasteiger partial charge in [0.15, 0.2) is 0 Å². The highest BCUT2D eigenvalue weighted by molar-refractivity contribution is 5.96. The highest BCUT2D eigenvalue weighted by Crippen LogP contribution is 2.12. The maximum atomic E-state index is 12.1. The topological polar surface area (TPSA) is 96.5 Å². The highest BCUT2D eigenvalue weighted by atomic mass is 16.5.